The highest BCUT2D eigenvalue weighted by molar-refractivity contribution is 7.89. The van der Waals surface area contributed by atoms with E-state index in [4.69, 9.17) is 0 Å². The van der Waals surface area contributed by atoms with Gasteiger partial charge in [0.05, 0.1) is 5.25 Å². The van der Waals surface area contributed by atoms with Crippen LogP contribution in [0.25, 0.3) is 0 Å². The summed E-state index contributed by atoms with van der Waals surface area (Å²) in [5, 5.41) is 2.85. The lowest BCUT2D eigenvalue weighted by Crippen LogP contribution is -2.46. The van der Waals surface area contributed by atoms with E-state index < -0.39 is 10.0 Å². The fraction of sp³-hybridized carbons (Fsp3) is 1.00. The molecule has 0 aromatic rings. The van der Waals surface area contributed by atoms with Gasteiger partial charge in [0, 0.05) is 25.7 Å². The second kappa shape index (κ2) is 6.87. The summed E-state index contributed by atoms with van der Waals surface area (Å²) in [7, 11) is -1.42. The van der Waals surface area contributed by atoms with Gasteiger partial charge in [-0.2, -0.15) is 0 Å². The first kappa shape index (κ1) is 15.9. The van der Waals surface area contributed by atoms with E-state index >= 15 is 0 Å². The van der Waals surface area contributed by atoms with Gasteiger partial charge in [0.15, 0.2) is 0 Å². The number of hydrogen-bond acceptors (Lipinski definition) is 3. The predicted molar refractivity (Wildman–Crippen MR) is 76.2 cm³/mol. The van der Waals surface area contributed by atoms with Gasteiger partial charge in [-0.3, -0.25) is 0 Å². The second-order valence-corrected chi connectivity index (χ2v) is 8.14. The van der Waals surface area contributed by atoms with Crippen LogP contribution >= 0.6 is 0 Å². The Morgan fingerprint density at radius 3 is 2.22 bits per heavy atom. The van der Waals surface area contributed by atoms with E-state index in [1.54, 1.807) is 18.3 Å². The fourth-order valence-electron chi connectivity index (χ4n) is 2.44. The van der Waals surface area contributed by atoms with E-state index in [9.17, 15) is 8.42 Å². The molecule has 0 spiro atoms. The molecule has 18 heavy (non-hydrogen) atoms. The Morgan fingerprint density at radius 1 is 1.17 bits per heavy atom. The van der Waals surface area contributed by atoms with Gasteiger partial charge in [0.1, 0.15) is 0 Å². The van der Waals surface area contributed by atoms with Crippen molar-refractivity contribution in [1.29, 1.82) is 0 Å². The normalized spacial score (nSPS) is 20.6. The quantitative estimate of drug-likeness (QED) is 0.807. The molecule has 0 heterocycles. The van der Waals surface area contributed by atoms with Gasteiger partial charge in [-0.05, 0) is 19.8 Å². The van der Waals surface area contributed by atoms with Crippen molar-refractivity contribution >= 4 is 10.0 Å². The summed E-state index contributed by atoms with van der Waals surface area (Å²) in [5.41, 5.74) is 0. The van der Waals surface area contributed by atoms with Crippen molar-refractivity contribution in [2.45, 2.75) is 70.2 Å². The minimum atomic E-state index is -3.16. The van der Waals surface area contributed by atoms with Crippen molar-refractivity contribution in [3.63, 3.8) is 0 Å². The van der Waals surface area contributed by atoms with Crippen LogP contribution in [0.5, 0.6) is 0 Å². The van der Waals surface area contributed by atoms with Crippen LogP contribution in [-0.4, -0.2) is 43.6 Å². The average Bonchev–Trinajstić information content (AvgIpc) is 2.35. The monoisotopic (exact) mass is 276 g/mol. The minimum Gasteiger partial charge on any atom is -0.313 e. The first-order valence-corrected chi connectivity index (χ1v) is 8.56. The average molecular weight is 276 g/mol. The molecule has 0 aromatic heterocycles. The zero-order valence-corrected chi connectivity index (χ0v) is 13.0. The SMILES string of the molecule is CC(C)NCC(C)S(=O)(=O)N(C)C1CCCCC1. The summed E-state index contributed by atoms with van der Waals surface area (Å²) in [6, 6.07) is 0.535. The zero-order chi connectivity index (χ0) is 13.8. The Kier molecular flexibility index (Phi) is 6.08. The molecule has 1 N–H and O–H groups in total. The Hall–Kier alpha value is -0.130. The van der Waals surface area contributed by atoms with Crippen molar-refractivity contribution in [3.05, 3.63) is 0 Å². The Balaban J connectivity index is 2.60. The van der Waals surface area contributed by atoms with Crippen molar-refractivity contribution < 1.29 is 8.42 Å². The highest BCUT2D eigenvalue weighted by Gasteiger charge is 2.31. The Labute approximate surface area is 112 Å². The molecule has 1 atom stereocenters. The molecule has 0 aliphatic heterocycles. The number of hydrogen-bond donors (Lipinski definition) is 1. The first-order valence-electron chi connectivity index (χ1n) is 7.06. The number of nitrogens with one attached hydrogen (secondary N) is 1. The summed E-state index contributed by atoms with van der Waals surface area (Å²) < 4.78 is 26.5. The number of nitrogens with zero attached hydrogens (tertiary/aromatic N) is 1. The van der Waals surface area contributed by atoms with Crippen molar-refractivity contribution in [1.82, 2.24) is 9.62 Å². The van der Waals surface area contributed by atoms with Gasteiger partial charge in [-0.15, -0.1) is 0 Å². The van der Waals surface area contributed by atoms with Gasteiger partial charge in [0.25, 0.3) is 0 Å². The molecular formula is C13H28N2O2S. The van der Waals surface area contributed by atoms with E-state index in [0.29, 0.717) is 12.6 Å². The van der Waals surface area contributed by atoms with E-state index in [1.807, 2.05) is 13.8 Å². The van der Waals surface area contributed by atoms with Crippen LogP contribution in [0.2, 0.25) is 0 Å². The van der Waals surface area contributed by atoms with Crippen LogP contribution in [-0.2, 0) is 10.0 Å². The highest BCUT2D eigenvalue weighted by Crippen LogP contribution is 2.24. The lowest BCUT2D eigenvalue weighted by Gasteiger charge is -2.32. The van der Waals surface area contributed by atoms with Gasteiger partial charge < -0.3 is 5.32 Å². The van der Waals surface area contributed by atoms with Crippen LogP contribution in [0.15, 0.2) is 0 Å². The van der Waals surface area contributed by atoms with Crippen LogP contribution in [0, 0.1) is 0 Å². The maximum atomic E-state index is 12.4. The van der Waals surface area contributed by atoms with Gasteiger partial charge in [-0.1, -0.05) is 33.1 Å². The van der Waals surface area contributed by atoms with E-state index in [2.05, 4.69) is 5.32 Å². The molecule has 1 unspecified atom stereocenters. The van der Waals surface area contributed by atoms with Crippen LogP contribution < -0.4 is 5.32 Å². The van der Waals surface area contributed by atoms with Crippen LogP contribution in [0.3, 0.4) is 0 Å². The Morgan fingerprint density at radius 2 is 1.72 bits per heavy atom. The molecule has 0 bridgehead atoms. The third kappa shape index (κ3) is 4.21. The van der Waals surface area contributed by atoms with Crippen molar-refractivity contribution in [2.75, 3.05) is 13.6 Å². The summed E-state index contributed by atoms with van der Waals surface area (Å²) in [4.78, 5) is 0. The molecule has 5 heteroatoms. The molecule has 0 aromatic carbocycles. The van der Waals surface area contributed by atoms with E-state index in [1.165, 1.54) is 6.42 Å². The van der Waals surface area contributed by atoms with Gasteiger partial charge in [0.2, 0.25) is 10.0 Å². The fourth-order valence-corrected chi connectivity index (χ4v) is 3.94. The third-order valence-electron chi connectivity index (χ3n) is 3.81. The summed E-state index contributed by atoms with van der Waals surface area (Å²) >= 11 is 0. The maximum absolute atomic E-state index is 12.4. The van der Waals surface area contributed by atoms with Gasteiger partial charge >= 0.3 is 0 Å². The van der Waals surface area contributed by atoms with E-state index in [0.717, 1.165) is 25.7 Å². The van der Waals surface area contributed by atoms with Crippen molar-refractivity contribution in [2.24, 2.45) is 0 Å². The van der Waals surface area contributed by atoms with E-state index in [-0.39, 0.29) is 11.3 Å². The molecule has 1 aliphatic rings. The standard InChI is InChI=1S/C13H28N2O2S/c1-11(2)14-10-12(3)18(16,17)15(4)13-8-6-5-7-9-13/h11-14H,5-10H2,1-4H3. The first-order chi connectivity index (χ1) is 8.35. The number of rotatable bonds is 6. The molecule has 0 saturated heterocycles. The zero-order valence-electron chi connectivity index (χ0n) is 12.1. The third-order valence-corrected chi connectivity index (χ3v) is 6.10. The molecule has 1 rings (SSSR count). The molecule has 1 aliphatic carbocycles. The largest absolute Gasteiger partial charge is 0.313 e. The van der Waals surface area contributed by atoms with Crippen molar-refractivity contribution in [3.8, 4) is 0 Å². The molecule has 0 radical (unpaired) electrons. The molecular weight excluding hydrogens is 248 g/mol. The lowest BCUT2D eigenvalue weighted by atomic mass is 9.96. The number of sulfonamides is 1. The molecule has 0 amide bonds. The maximum Gasteiger partial charge on any atom is 0.217 e. The van der Waals surface area contributed by atoms with Crippen LogP contribution in [0.1, 0.15) is 52.9 Å². The summed E-state index contributed by atoms with van der Waals surface area (Å²) in [6.45, 7) is 6.38. The smallest absolute Gasteiger partial charge is 0.217 e. The molecule has 1 fully saturated rings. The molecule has 1 saturated carbocycles. The summed E-state index contributed by atoms with van der Waals surface area (Å²) in [5.74, 6) is 0. The highest BCUT2D eigenvalue weighted by atomic mass is 32.2. The predicted octanol–water partition coefficient (Wildman–Crippen LogP) is 1.97. The molecule has 108 valence electrons. The second-order valence-electron chi connectivity index (χ2n) is 5.73. The lowest BCUT2D eigenvalue weighted by molar-refractivity contribution is 0.283. The molecule has 4 nitrogen and oxygen atoms in total. The topological polar surface area (TPSA) is 49.4 Å². The Bertz CT molecular complexity index is 335. The van der Waals surface area contributed by atoms with Gasteiger partial charge in [-0.25, -0.2) is 12.7 Å². The summed E-state index contributed by atoms with van der Waals surface area (Å²) in [6.07, 6.45) is 5.58. The minimum absolute atomic E-state index is 0.213. The van der Waals surface area contributed by atoms with Crippen LogP contribution in [0.4, 0.5) is 0 Å².